The Morgan fingerprint density at radius 2 is 1.84 bits per heavy atom. The van der Waals surface area contributed by atoms with Crippen LogP contribution in [0.3, 0.4) is 0 Å². The maximum absolute atomic E-state index is 17.5. The van der Waals surface area contributed by atoms with Crippen LogP contribution >= 0.6 is 0 Å². The zero-order chi connectivity index (χ0) is 39.2. The van der Waals surface area contributed by atoms with Gasteiger partial charge in [0.2, 0.25) is 5.88 Å². The molecule has 3 N–H and O–H groups in total. The number of rotatable bonds is 10. The van der Waals surface area contributed by atoms with Crippen LogP contribution in [0.25, 0.3) is 32.9 Å². The van der Waals surface area contributed by atoms with E-state index in [1.165, 1.54) is 25.3 Å². The van der Waals surface area contributed by atoms with Crippen molar-refractivity contribution in [2.24, 2.45) is 11.3 Å². The summed E-state index contributed by atoms with van der Waals surface area (Å²) >= 11 is 0. The van der Waals surface area contributed by atoms with Gasteiger partial charge in [0.05, 0.1) is 39.6 Å². The number of aliphatic hydroxyl groups excluding tert-OH is 1. The summed E-state index contributed by atoms with van der Waals surface area (Å²) in [7, 11) is 1.40. The predicted molar refractivity (Wildman–Crippen MR) is 207 cm³/mol. The molecule has 56 heavy (non-hydrogen) atoms. The second-order valence-corrected chi connectivity index (χ2v) is 16.5. The maximum atomic E-state index is 17.5. The van der Waals surface area contributed by atoms with Crippen molar-refractivity contribution in [3.8, 4) is 28.9 Å². The minimum atomic E-state index is -1.35. The summed E-state index contributed by atoms with van der Waals surface area (Å²) in [6.07, 6.45) is 7.02. The van der Waals surface area contributed by atoms with Gasteiger partial charge in [-0.15, -0.1) is 0 Å². The van der Waals surface area contributed by atoms with Crippen molar-refractivity contribution in [1.82, 2.24) is 19.9 Å². The molecule has 3 saturated heterocycles. The number of piperidine rings is 1. The van der Waals surface area contributed by atoms with Gasteiger partial charge in [0.1, 0.15) is 39.6 Å². The summed E-state index contributed by atoms with van der Waals surface area (Å²) in [4.78, 5) is 18.7. The largest absolute Gasteiger partial charge is 0.508 e. The van der Waals surface area contributed by atoms with E-state index in [-0.39, 0.29) is 77.3 Å². The number of benzene rings is 2. The van der Waals surface area contributed by atoms with Gasteiger partial charge in [-0.2, -0.15) is 9.97 Å². The number of fused-ring (bicyclic) bond motifs is 3. The summed E-state index contributed by atoms with van der Waals surface area (Å²) < 4.78 is 56.7. The number of pyridine rings is 1. The molecule has 2 aromatic heterocycles. The minimum absolute atomic E-state index is 0.0141. The SMILES string of the molecule is CCc1c(F)ccc2cc(O)cc(-c3nc(OC)c4c(N5CC(CO)OCC(C)(O)C5)nc(OCC56CCCC5N(CC5CCOCC5)CCC6)nc4c3F)c12. The summed E-state index contributed by atoms with van der Waals surface area (Å²) in [5, 5.41) is 33.4. The molecule has 4 aliphatic rings. The fraction of sp³-hybridized carbons (Fsp3) is 0.595. The van der Waals surface area contributed by atoms with Crippen molar-refractivity contribution in [1.29, 1.82) is 0 Å². The molecule has 1 aliphatic carbocycles. The zero-order valence-corrected chi connectivity index (χ0v) is 32.5. The Labute approximate surface area is 325 Å². The normalized spacial score (nSPS) is 26.4. The highest BCUT2D eigenvalue weighted by atomic mass is 19.1. The van der Waals surface area contributed by atoms with Crippen molar-refractivity contribution in [2.75, 3.05) is 71.2 Å². The average molecular weight is 778 g/mol. The van der Waals surface area contributed by atoms with Crippen LogP contribution in [-0.4, -0.2) is 119 Å². The molecule has 1 saturated carbocycles. The Morgan fingerprint density at radius 1 is 1.04 bits per heavy atom. The number of ether oxygens (including phenoxy) is 4. The molecule has 14 heteroatoms. The molecular formula is C42H53F2N5O7. The number of aromatic nitrogens is 3. The molecule has 12 nitrogen and oxygen atoms in total. The molecule has 5 heterocycles. The van der Waals surface area contributed by atoms with Gasteiger partial charge < -0.3 is 39.2 Å². The summed E-state index contributed by atoms with van der Waals surface area (Å²) in [6.45, 7) is 7.31. The third kappa shape index (κ3) is 7.34. The number of nitrogens with zero attached hydrogens (tertiary/aromatic N) is 5. The number of likely N-dealkylation sites (tertiary alicyclic amines) is 1. The lowest BCUT2D eigenvalue weighted by Crippen LogP contribution is -2.53. The number of aromatic hydroxyl groups is 1. The van der Waals surface area contributed by atoms with Crippen molar-refractivity contribution >= 4 is 27.5 Å². The van der Waals surface area contributed by atoms with E-state index in [0.29, 0.717) is 41.3 Å². The van der Waals surface area contributed by atoms with Crippen LogP contribution in [0.1, 0.15) is 64.4 Å². The molecule has 302 valence electrons. The number of phenols is 1. The van der Waals surface area contributed by atoms with E-state index < -0.39 is 23.3 Å². The first-order chi connectivity index (χ1) is 27.0. The first kappa shape index (κ1) is 38.9. The lowest BCUT2D eigenvalue weighted by atomic mass is 9.75. The highest BCUT2D eigenvalue weighted by Gasteiger charge is 2.49. The third-order valence-electron chi connectivity index (χ3n) is 12.5. The Morgan fingerprint density at radius 3 is 2.61 bits per heavy atom. The predicted octanol–water partition coefficient (Wildman–Crippen LogP) is 5.79. The Bertz CT molecular complexity index is 2080. The van der Waals surface area contributed by atoms with Gasteiger partial charge in [0.15, 0.2) is 5.82 Å². The van der Waals surface area contributed by atoms with Gasteiger partial charge in [-0.05, 0) is 98.9 Å². The van der Waals surface area contributed by atoms with E-state index in [2.05, 4.69) is 9.88 Å². The summed E-state index contributed by atoms with van der Waals surface area (Å²) in [6, 6.07) is 6.08. The van der Waals surface area contributed by atoms with E-state index in [9.17, 15) is 15.3 Å². The van der Waals surface area contributed by atoms with E-state index in [4.69, 9.17) is 28.9 Å². The number of hydrogen-bond donors (Lipinski definition) is 3. The molecule has 0 spiro atoms. The van der Waals surface area contributed by atoms with Crippen molar-refractivity contribution in [2.45, 2.75) is 83.0 Å². The van der Waals surface area contributed by atoms with E-state index in [0.717, 1.165) is 71.2 Å². The van der Waals surface area contributed by atoms with Gasteiger partial charge in [-0.3, -0.25) is 4.90 Å². The van der Waals surface area contributed by atoms with E-state index >= 15 is 8.78 Å². The fourth-order valence-electron chi connectivity index (χ4n) is 9.84. The summed E-state index contributed by atoms with van der Waals surface area (Å²) in [5.74, 6) is -0.622. The molecule has 4 aromatic rings. The van der Waals surface area contributed by atoms with Gasteiger partial charge in [-0.1, -0.05) is 19.4 Å². The lowest BCUT2D eigenvalue weighted by molar-refractivity contribution is -0.0528. The molecule has 4 atom stereocenters. The highest BCUT2D eigenvalue weighted by Crippen LogP contribution is 2.49. The quantitative estimate of drug-likeness (QED) is 0.180. The van der Waals surface area contributed by atoms with Crippen LogP contribution in [0.2, 0.25) is 0 Å². The van der Waals surface area contributed by atoms with Gasteiger partial charge in [0, 0.05) is 43.3 Å². The van der Waals surface area contributed by atoms with Crippen LogP contribution in [0.5, 0.6) is 17.6 Å². The van der Waals surface area contributed by atoms with Crippen LogP contribution < -0.4 is 14.4 Å². The second-order valence-electron chi connectivity index (χ2n) is 16.5. The Balaban J connectivity index is 1.26. The molecule has 0 radical (unpaired) electrons. The van der Waals surface area contributed by atoms with E-state index in [1.54, 1.807) is 17.9 Å². The molecule has 8 rings (SSSR count). The minimum Gasteiger partial charge on any atom is -0.508 e. The topological polar surface area (TPSA) is 143 Å². The number of phenolic OH excluding ortho intramolecular Hbond substituents is 1. The molecule has 4 fully saturated rings. The number of aliphatic hydroxyl groups is 2. The average Bonchev–Trinajstić information content (AvgIpc) is 3.56. The smallest absolute Gasteiger partial charge is 0.319 e. The molecule has 0 amide bonds. The molecule has 3 aliphatic heterocycles. The van der Waals surface area contributed by atoms with Crippen LogP contribution in [0.4, 0.5) is 14.6 Å². The van der Waals surface area contributed by atoms with Gasteiger partial charge in [-0.25, -0.2) is 13.8 Å². The number of methoxy groups -OCH3 is 1. The van der Waals surface area contributed by atoms with Crippen LogP contribution in [-0.2, 0) is 15.9 Å². The molecule has 4 unspecified atom stereocenters. The number of hydrogen-bond acceptors (Lipinski definition) is 12. The molecule has 0 bridgehead atoms. The third-order valence-corrected chi connectivity index (χ3v) is 12.5. The van der Waals surface area contributed by atoms with Gasteiger partial charge in [0.25, 0.3) is 0 Å². The van der Waals surface area contributed by atoms with Crippen molar-refractivity contribution in [3.63, 3.8) is 0 Å². The number of halogens is 2. The number of anilines is 1. The highest BCUT2D eigenvalue weighted by molar-refractivity contribution is 6.03. The first-order valence-corrected chi connectivity index (χ1v) is 20.1. The van der Waals surface area contributed by atoms with Crippen LogP contribution in [0.15, 0.2) is 24.3 Å². The van der Waals surface area contributed by atoms with E-state index in [1.807, 2.05) is 6.92 Å². The Hall–Kier alpha value is -3.95. The maximum Gasteiger partial charge on any atom is 0.319 e. The monoisotopic (exact) mass is 777 g/mol. The molecular weight excluding hydrogens is 724 g/mol. The molecule has 2 aromatic carbocycles. The fourth-order valence-corrected chi connectivity index (χ4v) is 9.84. The second kappa shape index (κ2) is 15.8. The number of aryl methyl sites for hydroxylation is 1. The number of β-amino-alcohol motifs (C(OH)–C–C–N with tert-alkyl or cyclic N) is 1. The van der Waals surface area contributed by atoms with Gasteiger partial charge >= 0.3 is 6.01 Å². The van der Waals surface area contributed by atoms with Crippen LogP contribution in [0, 0.1) is 23.0 Å². The van der Waals surface area contributed by atoms with Crippen molar-refractivity contribution < 1.29 is 43.0 Å². The Kier molecular flexibility index (Phi) is 11.0. The zero-order valence-electron chi connectivity index (χ0n) is 32.5. The standard InChI is InChI=1S/C42H53F2N5O7/c1-4-29-31(43)9-8-26-17-27(51)18-30(33(26)29)36-35(44)37-34(39(45-36)53-3)38(49-20-28(21-50)55-23-41(2,52)22-49)47-40(46-37)56-24-42-12-5-7-32(42)48(14-6-13-42)19-25-10-15-54-16-11-25/h8-9,17-18,25,28,32,50-52H,4-7,10-16,19-24H2,1-3H3. The lowest BCUT2D eigenvalue weighted by Gasteiger charge is -2.47. The first-order valence-electron chi connectivity index (χ1n) is 20.1. The summed E-state index contributed by atoms with van der Waals surface area (Å²) in [5.41, 5.74) is -1.26. The van der Waals surface area contributed by atoms with Crippen molar-refractivity contribution in [3.05, 3.63) is 41.5 Å².